The highest BCUT2D eigenvalue weighted by Crippen LogP contribution is 2.47. The third-order valence-electron chi connectivity index (χ3n) is 6.34. The van der Waals surface area contributed by atoms with Gasteiger partial charge in [0.05, 0.1) is 13.2 Å². The van der Waals surface area contributed by atoms with Crippen LogP contribution in [0.15, 0.2) is 0 Å². The molecule has 0 aromatic rings. The molecule has 0 atom stereocenters. The summed E-state index contributed by atoms with van der Waals surface area (Å²) in [5, 5.41) is 10.2. The maximum atomic E-state index is 9.95. The summed E-state index contributed by atoms with van der Waals surface area (Å²) in [4.78, 5) is 0. The number of aliphatic hydroxyl groups is 1. The lowest BCUT2D eigenvalue weighted by Crippen LogP contribution is -2.42. The molecule has 1 saturated carbocycles. The Balaban J connectivity index is 1.77. The first-order valence-corrected chi connectivity index (χ1v) is 12.1. The van der Waals surface area contributed by atoms with Crippen molar-refractivity contribution in [3.8, 4) is 0 Å². The molecule has 0 unspecified atom stereocenters. The summed E-state index contributed by atoms with van der Waals surface area (Å²) in [5.74, 6) is -0.337. The van der Waals surface area contributed by atoms with Gasteiger partial charge in [0, 0.05) is 26.1 Å². The van der Waals surface area contributed by atoms with E-state index < -0.39 is 8.32 Å². The Kier molecular flexibility index (Phi) is 6.00. The van der Waals surface area contributed by atoms with Crippen molar-refractivity contribution in [2.75, 3.05) is 26.4 Å². The maximum absolute atomic E-state index is 9.95. The summed E-state index contributed by atoms with van der Waals surface area (Å²) < 4.78 is 17.9. The van der Waals surface area contributed by atoms with Gasteiger partial charge in [-0.3, -0.25) is 0 Å². The van der Waals surface area contributed by atoms with Gasteiger partial charge in [0.15, 0.2) is 14.1 Å². The van der Waals surface area contributed by atoms with Crippen molar-refractivity contribution in [2.24, 2.45) is 5.41 Å². The van der Waals surface area contributed by atoms with E-state index in [9.17, 15) is 5.11 Å². The molecule has 1 N–H and O–H groups in total. The van der Waals surface area contributed by atoms with Gasteiger partial charge in [-0.05, 0) is 49.2 Å². The molecule has 2 rings (SSSR count). The molecule has 5 heteroatoms. The molecular formula is C18H36O4Si. The van der Waals surface area contributed by atoms with Crippen LogP contribution >= 0.6 is 0 Å². The summed E-state index contributed by atoms with van der Waals surface area (Å²) in [7, 11) is -1.65. The molecule has 0 aromatic carbocycles. The van der Waals surface area contributed by atoms with E-state index in [-0.39, 0.29) is 22.8 Å². The quantitative estimate of drug-likeness (QED) is 0.582. The average Bonchev–Trinajstić information content (AvgIpc) is 2.94. The lowest BCUT2D eigenvalue weighted by atomic mass is 9.70. The first-order chi connectivity index (χ1) is 10.6. The van der Waals surface area contributed by atoms with Crippen molar-refractivity contribution in [3.05, 3.63) is 0 Å². The Morgan fingerprint density at radius 2 is 1.61 bits per heavy atom. The van der Waals surface area contributed by atoms with E-state index in [1.807, 2.05) is 0 Å². The van der Waals surface area contributed by atoms with Gasteiger partial charge in [0.2, 0.25) is 0 Å². The van der Waals surface area contributed by atoms with Crippen LogP contribution in [0.4, 0.5) is 0 Å². The Bertz CT molecular complexity index is 373. The van der Waals surface area contributed by atoms with E-state index in [1.54, 1.807) is 0 Å². The van der Waals surface area contributed by atoms with Crippen molar-refractivity contribution in [2.45, 2.75) is 83.2 Å². The molecule has 0 amide bonds. The maximum Gasteiger partial charge on any atom is 0.191 e. The Morgan fingerprint density at radius 1 is 1.04 bits per heavy atom. The van der Waals surface area contributed by atoms with Crippen LogP contribution in [0.25, 0.3) is 0 Å². The Hall–Kier alpha value is 0.0569. The fourth-order valence-electron chi connectivity index (χ4n) is 3.43. The zero-order valence-electron chi connectivity index (χ0n) is 15.7. The van der Waals surface area contributed by atoms with Crippen LogP contribution in [0.5, 0.6) is 0 Å². The normalized spacial score (nSPS) is 24.3. The van der Waals surface area contributed by atoms with E-state index >= 15 is 0 Å². The molecule has 0 radical (unpaired) electrons. The second-order valence-electron chi connectivity index (χ2n) is 8.98. The third kappa shape index (κ3) is 4.57. The van der Waals surface area contributed by atoms with Gasteiger partial charge >= 0.3 is 0 Å². The minimum atomic E-state index is -1.65. The van der Waals surface area contributed by atoms with Crippen molar-refractivity contribution in [3.63, 3.8) is 0 Å². The molecule has 1 heterocycles. The highest BCUT2D eigenvalue weighted by molar-refractivity contribution is 6.74. The average molecular weight is 345 g/mol. The predicted molar refractivity (Wildman–Crippen MR) is 95.0 cm³/mol. The zero-order chi connectivity index (χ0) is 17.2. The number of hydrogen-bond donors (Lipinski definition) is 1. The van der Waals surface area contributed by atoms with Crippen LogP contribution in [0, 0.1) is 5.41 Å². The van der Waals surface area contributed by atoms with Gasteiger partial charge in [0.1, 0.15) is 0 Å². The largest absolute Gasteiger partial charge is 0.417 e. The Labute approximate surface area is 143 Å². The van der Waals surface area contributed by atoms with Crippen LogP contribution in [0.2, 0.25) is 18.1 Å². The molecule has 136 valence electrons. The standard InChI is InChI=1S/C18H36O4Si/c1-16(2,3)23(4,5)22-12-6-7-17(15-19)8-10-18(11-9-17)20-13-14-21-18/h19H,6-15H2,1-5H3. The number of rotatable bonds is 6. The molecule has 2 aliphatic rings. The number of ether oxygens (including phenoxy) is 2. The highest BCUT2D eigenvalue weighted by atomic mass is 28.4. The monoisotopic (exact) mass is 344 g/mol. The second-order valence-corrected chi connectivity index (χ2v) is 13.8. The molecule has 4 nitrogen and oxygen atoms in total. The van der Waals surface area contributed by atoms with Gasteiger partial charge in [-0.15, -0.1) is 0 Å². The van der Waals surface area contributed by atoms with E-state index in [0.29, 0.717) is 13.2 Å². The van der Waals surface area contributed by atoms with Crippen LogP contribution in [-0.2, 0) is 13.9 Å². The molecule has 0 aromatic heterocycles. The van der Waals surface area contributed by atoms with Crippen molar-refractivity contribution in [1.82, 2.24) is 0 Å². The van der Waals surface area contributed by atoms with Crippen molar-refractivity contribution in [1.29, 1.82) is 0 Å². The van der Waals surface area contributed by atoms with Crippen LogP contribution < -0.4 is 0 Å². The van der Waals surface area contributed by atoms with E-state index in [4.69, 9.17) is 13.9 Å². The van der Waals surface area contributed by atoms with Gasteiger partial charge < -0.3 is 19.0 Å². The van der Waals surface area contributed by atoms with E-state index in [0.717, 1.165) is 45.1 Å². The summed E-state index contributed by atoms with van der Waals surface area (Å²) in [6.07, 6.45) is 5.87. The van der Waals surface area contributed by atoms with Gasteiger partial charge in [0.25, 0.3) is 0 Å². The zero-order valence-corrected chi connectivity index (χ0v) is 16.7. The van der Waals surface area contributed by atoms with Crippen molar-refractivity contribution < 1.29 is 19.0 Å². The minimum Gasteiger partial charge on any atom is -0.417 e. The first kappa shape index (κ1) is 19.4. The summed E-state index contributed by atoms with van der Waals surface area (Å²) >= 11 is 0. The molecule has 23 heavy (non-hydrogen) atoms. The summed E-state index contributed by atoms with van der Waals surface area (Å²) in [6.45, 7) is 13.9. The number of hydrogen-bond acceptors (Lipinski definition) is 4. The van der Waals surface area contributed by atoms with Gasteiger partial charge in [-0.1, -0.05) is 20.8 Å². The molecule has 0 bridgehead atoms. The van der Waals surface area contributed by atoms with Crippen LogP contribution in [0.3, 0.4) is 0 Å². The van der Waals surface area contributed by atoms with Crippen LogP contribution in [0.1, 0.15) is 59.3 Å². The number of aliphatic hydroxyl groups excluding tert-OH is 1. The van der Waals surface area contributed by atoms with Crippen molar-refractivity contribution >= 4 is 8.32 Å². The SMILES string of the molecule is CC(C)(C)[Si](C)(C)OCCCC1(CO)CCC2(CC1)OCCO2. The lowest BCUT2D eigenvalue weighted by molar-refractivity contribution is -0.195. The summed E-state index contributed by atoms with van der Waals surface area (Å²) in [5.41, 5.74) is 0.0390. The van der Waals surface area contributed by atoms with E-state index in [1.165, 1.54) is 0 Å². The topological polar surface area (TPSA) is 47.9 Å². The van der Waals surface area contributed by atoms with E-state index in [2.05, 4.69) is 33.9 Å². The first-order valence-electron chi connectivity index (χ1n) is 9.17. The molecule has 1 spiro atoms. The fraction of sp³-hybridized carbons (Fsp3) is 1.00. The predicted octanol–water partition coefficient (Wildman–Crippen LogP) is 4.08. The highest BCUT2D eigenvalue weighted by Gasteiger charge is 2.45. The van der Waals surface area contributed by atoms with Gasteiger partial charge in [-0.2, -0.15) is 0 Å². The van der Waals surface area contributed by atoms with Crippen LogP contribution in [-0.4, -0.2) is 45.6 Å². The smallest absolute Gasteiger partial charge is 0.191 e. The molecule has 1 aliphatic carbocycles. The van der Waals surface area contributed by atoms with Gasteiger partial charge in [-0.25, -0.2) is 0 Å². The molecular weight excluding hydrogens is 308 g/mol. The molecule has 2 fully saturated rings. The fourth-order valence-corrected chi connectivity index (χ4v) is 4.51. The third-order valence-corrected chi connectivity index (χ3v) is 10.9. The lowest BCUT2D eigenvalue weighted by Gasteiger charge is -2.43. The summed E-state index contributed by atoms with van der Waals surface area (Å²) in [6, 6.07) is 0. The molecule has 1 aliphatic heterocycles. The minimum absolute atomic E-state index is 0.0390. The Morgan fingerprint density at radius 3 is 2.09 bits per heavy atom. The molecule has 1 saturated heterocycles. The second kappa shape index (κ2) is 7.12.